The molecule has 0 radical (unpaired) electrons. The lowest BCUT2D eigenvalue weighted by Gasteiger charge is -2.20. The number of hydrogen-bond acceptors (Lipinski definition) is 4. The van der Waals surface area contributed by atoms with Crippen LogP contribution in [0.4, 0.5) is 5.69 Å². The number of ketones is 1. The minimum atomic E-state index is -3.62. The Morgan fingerprint density at radius 1 is 1.00 bits per heavy atom. The van der Waals surface area contributed by atoms with Crippen molar-refractivity contribution in [1.82, 2.24) is 4.72 Å². The first kappa shape index (κ1) is 20.1. The predicted octanol–water partition coefficient (Wildman–Crippen LogP) is 3.26. The number of aromatic hydroxyl groups is 1. The van der Waals surface area contributed by atoms with Crippen molar-refractivity contribution in [2.45, 2.75) is 12.3 Å². The molecule has 0 bridgehead atoms. The van der Waals surface area contributed by atoms with Gasteiger partial charge in [0.2, 0.25) is 0 Å². The second-order valence-electron chi connectivity index (χ2n) is 7.19. The summed E-state index contributed by atoms with van der Waals surface area (Å²) in [7, 11) is -3.62. The Balaban J connectivity index is 1.65. The minimum absolute atomic E-state index is 0.00307. The number of hydrogen-bond donors (Lipinski definition) is 2. The van der Waals surface area contributed by atoms with Crippen LogP contribution in [0.5, 0.6) is 5.75 Å². The largest absolute Gasteiger partial charge is 0.506 e. The van der Waals surface area contributed by atoms with Gasteiger partial charge in [-0.15, -0.1) is 0 Å². The Labute approximate surface area is 176 Å². The number of nitrogens with one attached hydrogen (secondary N) is 1. The van der Waals surface area contributed by atoms with Crippen molar-refractivity contribution in [1.29, 1.82) is 0 Å². The van der Waals surface area contributed by atoms with Crippen molar-refractivity contribution in [3.63, 3.8) is 0 Å². The van der Waals surface area contributed by atoms with Crippen LogP contribution in [0.15, 0.2) is 78.9 Å². The third-order valence-corrected chi connectivity index (χ3v) is 6.74. The van der Waals surface area contributed by atoms with Gasteiger partial charge in [0.05, 0.1) is 11.6 Å². The predicted molar refractivity (Wildman–Crippen MR) is 116 cm³/mol. The Morgan fingerprint density at radius 2 is 1.67 bits per heavy atom. The summed E-state index contributed by atoms with van der Waals surface area (Å²) < 4.78 is 27.7. The molecule has 154 valence electrons. The van der Waals surface area contributed by atoms with Crippen LogP contribution in [0.3, 0.4) is 0 Å². The van der Waals surface area contributed by atoms with E-state index in [4.69, 9.17) is 0 Å². The zero-order chi connectivity index (χ0) is 21.1. The molecule has 0 amide bonds. The molecule has 1 aliphatic heterocycles. The lowest BCUT2D eigenvalue weighted by atomic mass is 9.85. The Hall–Kier alpha value is -3.16. The lowest BCUT2D eigenvalue weighted by molar-refractivity contribution is 0.0958. The maximum atomic E-state index is 13.2. The first-order chi connectivity index (χ1) is 14.5. The second kappa shape index (κ2) is 8.30. The SMILES string of the molecule is O=C(c1ccccc1)C(Cc1ccc(N2CCNS2(=O)=O)c(O)c1)c1ccccc1. The quantitative estimate of drug-likeness (QED) is 0.597. The van der Waals surface area contributed by atoms with E-state index in [0.29, 0.717) is 18.5 Å². The highest BCUT2D eigenvalue weighted by atomic mass is 32.2. The monoisotopic (exact) mass is 422 g/mol. The van der Waals surface area contributed by atoms with E-state index in [1.54, 1.807) is 24.3 Å². The van der Waals surface area contributed by atoms with Crippen LogP contribution in [0, 0.1) is 0 Å². The van der Waals surface area contributed by atoms with Crippen LogP contribution >= 0.6 is 0 Å². The molecular formula is C23H22N2O4S. The van der Waals surface area contributed by atoms with Crippen LogP contribution in [-0.4, -0.2) is 32.4 Å². The van der Waals surface area contributed by atoms with Crippen LogP contribution in [0.1, 0.15) is 27.4 Å². The first-order valence-corrected chi connectivity index (χ1v) is 11.1. The average Bonchev–Trinajstić information content (AvgIpc) is 3.11. The van der Waals surface area contributed by atoms with Gasteiger partial charge in [-0.05, 0) is 29.7 Å². The van der Waals surface area contributed by atoms with Gasteiger partial charge >= 0.3 is 10.2 Å². The smallest absolute Gasteiger partial charge is 0.301 e. The fraction of sp³-hybridized carbons (Fsp3) is 0.174. The topological polar surface area (TPSA) is 86.7 Å². The molecule has 1 fully saturated rings. The first-order valence-electron chi connectivity index (χ1n) is 9.69. The maximum absolute atomic E-state index is 13.2. The van der Waals surface area contributed by atoms with Gasteiger partial charge in [0.15, 0.2) is 5.78 Å². The molecule has 3 aromatic rings. The van der Waals surface area contributed by atoms with Crippen molar-refractivity contribution in [3.05, 3.63) is 95.6 Å². The van der Waals surface area contributed by atoms with E-state index in [1.807, 2.05) is 48.5 Å². The Kier molecular flexibility index (Phi) is 5.57. The van der Waals surface area contributed by atoms with Crippen molar-refractivity contribution < 1.29 is 18.3 Å². The van der Waals surface area contributed by atoms with Crippen LogP contribution in [-0.2, 0) is 16.6 Å². The maximum Gasteiger partial charge on any atom is 0.301 e. The molecule has 0 aromatic heterocycles. The number of carbonyl (C=O) groups excluding carboxylic acids is 1. The van der Waals surface area contributed by atoms with E-state index in [9.17, 15) is 18.3 Å². The molecule has 1 heterocycles. The van der Waals surface area contributed by atoms with Gasteiger partial charge in [-0.3, -0.25) is 9.10 Å². The van der Waals surface area contributed by atoms with E-state index in [1.165, 1.54) is 6.07 Å². The molecule has 0 aliphatic carbocycles. The molecule has 7 heteroatoms. The van der Waals surface area contributed by atoms with E-state index in [-0.39, 0.29) is 23.8 Å². The number of Topliss-reactive ketones (excluding diaryl/α,β-unsaturated/α-hetero) is 1. The van der Waals surface area contributed by atoms with E-state index < -0.39 is 16.1 Å². The number of phenolic OH excluding ortho intramolecular Hbond substituents is 1. The van der Waals surface area contributed by atoms with Crippen molar-refractivity contribution >= 4 is 21.7 Å². The number of anilines is 1. The highest BCUT2D eigenvalue weighted by molar-refractivity contribution is 7.91. The lowest BCUT2D eigenvalue weighted by Crippen LogP contribution is -2.29. The molecule has 2 N–H and O–H groups in total. The molecule has 1 unspecified atom stereocenters. The average molecular weight is 423 g/mol. The summed E-state index contributed by atoms with van der Waals surface area (Å²) in [4.78, 5) is 13.2. The fourth-order valence-electron chi connectivity index (χ4n) is 3.72. The summed E-state index contributed by atoms with van der Waals surface area (Å²) in [5.74, 6) is -0.550. The zero-order valence-corrected chi connectivity index (χ0v) is 17.0. The van der Waals surface area contributed by atoms with Gasteiger partial charge in [0, 0.05) is 18.7 Å². The highest BCUT2D eigenvalue weighted by Gasteiger charge is 2.30. The Morgan fingerprint density at radius 3 is 2.27 bits per heavy atom. The van der Waals surface area contributed by atoms with Crippen molar-refractivity contribution in [2.24, 2.45) is 0 Å². The number of carbonyl (C=O) groups is 1. The highest BCUT2D eigenvalue weighted by Crippen LogP contribution is 2.33. The third kappa shape index (κ3) is 4.08. The normalized spacial score (nSPS) is 16.3. The number of phenols is 1. The van der Waals surface area contributed by atoms with Gasteiger partial charge in [-0.2, -0.15) is 13.1 Å². The van der Waals surface area contributed by atoms with Gasteiger partial charge in [0.1, 0.15) is 5.75 Å². The van der Waals surface area contributed by atoms with Crippen LogP contribution < -0.4 is 9.03 Å². The molecule has 1 aliphatic rings. The summed E-state index contributed by atoms with van der Waals surface area (Å²) in [5, 5.41) is 10.5. The van der Waals surface area contributed by atoms with Gasteiger partial charge in [-0.25, -0.2) is 0 Å². The molecule has 1 saturated heterocycles. The fourth-order valence-corrected chi connectivity index (χ4v) is 4.97. The molecule has 0 spiro atoms. The summed E-state index contributed by atoms with van der Waals surface area (Å²) >= 11 is 0. The standard InChI is InChI=1S/C23H22N2O4S/c26-22-16-17(11-12-21(22)25-14-13-24-30(25,28)29)15-20(18-7-3-1-4-8-18)23(27)19-9-5-2-6-10-19/h1-12,16,20,24,26H,13-15H2. The second-order valence-corrected chi connectivity index (χ2v) is 8.87. The summed E-state index contributed by atoms with van der Waals surface area (Å²) in [5.41, 5.74) is 2.50. The molecule has 6 nitrogen and oxygen atoms in total. The summed E-state index contributed by atoms with van der Waals surface area (Å²) in [6.45, 7) is 0.555. The number of rotatable bonds is 6. The van der Waals surface area contributed by atoms with E-state index >= 15 is 0 Å². The molecule has 3 aromatic carbocycles. The van der Waals surface area contributed by atoms with E-state index in [2.05, 4.69) is 4.72 Å². The van der Waals surface area contributed by atoms with Crippen molar-refractivity contribution in [3.8, 4) is 5.75 Å². The minimum Gasteiger partial charge on any atom is -0.506 e. The van der Waals surface area contributed by atoms with Crippen LogP contribution in [0.25, 0.3) is 0 Å². The Bertz CT molecular complexity index is 1150. The van der Waals surface area contributed by atoms with Crippen LogP contribution in [0.2, 0.25) is 0 Å². The third-order valence-electron chi connectivity index (χ3n) is 5.21. The van der Waals surface area contributed by atoms with E-state index in [0.717, 1.165) is 15.4 Å². The molecular weight excluding hydrogens is 400 g/mol. The number of nitrogens with zero attached hydrogens (tertiary/aromatic N) is 1. The molecule has 30 heavy (non-hydrogen) atoms. The number of benzene rings is 3. The van der Waals surface area contributed by atoms with Gasteiger partial charge < -0.3 is 5.11 Å². The molecule has 4 rings (SSSR count). The summed E-state index contributed by atoms with van der Waals surface area (Å²) in [6.07, 6.45) is 0.385. The van der Waals surface area contributed by atoms with Gasteiger partial charge in [0.25, 0.3) is 0 Å². The van der Waals surface area contributed by atoms with Gasteiger partial charge in [-0.1, -0.05) is 66.7 Å². The molecule has 1 atom stereocenters. The van der Waals surface area contributed by atoms with Crippen molar-refractivity contribution in [2.75, 3.05) is 17.4 Å². The zero-order valence-electron chi connectivity index (χ0n) is 16.2. The molecule has 0 saturated carbocycles. The summed E-state index contributed by atoms with van der Waals surface area (Å²) in [6, 6.07) is 23.5.